The molecule has 0 amide bonds. The fourth-order valence-electron chi connectivity index (χ4n) is 1.87. The minimum absolute atomic E-state index is 0.0153. The fourth-order valence-corrected chi connectivity index (χ4v) is 1.87. The molecule has 0 fully saturated rings. The number of H-pyrrole nitrogens is 1. The maximum Gasteiger partial charge on any atom is 0.185 e. The van der Waals surface area contributed by atoms with Gasteiger partial charge in [-0.2, -0.15) is 5.10 Å². The second-order valence-electron chi connectivity index (χ2n) is 4.08. The molecule has 0 atom stereocenters. The number of hydrogen-bond donors (Lipinski definition) is 2. The zero-order valence-electron chi connectivity index (χ0n) is 10.7. The van der Waals surface area contributed by atoms with E-state index in [1.165, 1.54) is 7.11 Å². The molecule has 0 spiro atoms. The van der Waals surface area contributed by atoms with Crippen LogP contribution in [-0.4, -0.2) is 32.4 Å². The van der Waals surface area contributed by atoms with Crippen LogP contribution in [-0.2, 0) is 0 Å². The van der Waals surface area contributed by atoms with Crippen molar-refractivity contribution in [2.45, 2.75) is 0 Å². The maximum atomic E-state index is 10.1. The van der Waals surface area contributed by atoms with E-state index < -0.39 is 0 Å². The number of pyridine rings is 1. The van der Waals surface area contributed by atoms with Gasteiger partial charge in [0.1, 0.15) is 5.69 Å². The van der Waals surface area contributed by atoms with Gasteiger partial charge in [-0.3, -0.25) is 10.1 Å². The number of aromatic nitrogens is 4. The van der Waals surface area contributed by atoms with Crippen molar-refractivity contribution >= 4 is 0 Å². The summed E-state index contributed by atoms with van der Waals surface area (Å²) in [5, 5.41) is 17.0. The number of aromatic amines is 1. The number of nitrogens with one attached hydrogen (secondary N) is 1. The van der Waals surface area contributed by atoms with E-state index in [9.17, 15) is 5.11 Å². The van der Waals surface area contributed by atoms with Crippen LogP contribution in [0.15, 0.2) is 42.6 Å². The monoisotopic (exact) mass is 268 g/mol. The summed E-state index contributed by atoms with van der Waals surface area (Å²) in [7, 11) is 1.50. The Bertz CT molecular complexity index is 725. The molecule has 6 nitrogen and oxygen atoms in total. The second-order valence-corrected chi connectivity index (χ2v) is 4.08. The molecule has 3 aromatic rings. The van der Waals surface area contributed by atoms with Crippen LogP contribution in [0, 0.1) is 0 Å². The van der Waals surface area contributed by atoms with E-state index in [4.69, 9.17) is 4.74 Å². The molecule has 0 aliphatic carbocycles. The first-order chi connectivity index (χ1) is 9.79. The predicted octanol–water partition coefficient (Wildman–Crippen LogP) is 2.25. The quantitative estimate of drug-likeness (QED) is 0.761. The van der Waals surface area contributed by atoms with E-state index in [1.807, 2.05) is 18.2 Å². The normalized spacial score (nSPS) is 10.4. The largest absolute Gasteiger partial charge is 0.504 e. The lowest BCUT2D eigenvalue weighted by Gasteiger charge is -2.05. The number of ether oxygens (including phenoxy) is 1. The summed E-state index contributed by atoms with van der Waals surface area (Å²) in [6.45, 7) is 0. The van der Waals surface area contributed by atoms with Gasteiger partial charge in [0.25, 0.3) is 0 Å². The van der Waals surface area contributed by atoms with Gasteiger partial charge in [-0.15, -0.1) is 0 Å². The zero-order valence-corrected chi connectivity index (χ0v) is 10.7. The lowest BCUT2D eigenvalue weighted by molar-refractivity contribution is 0.374. The average Bonchev–Trinajstić information content (AvgIpc) is 2.98. The van der Waals surface area contributed by atoms with Crippen molar-refractivity contribution in [2.75, 3.05) is 7.11 Å². The van der Waals surface area contributed by atoms with Gasteiger partial charge in [-0.25, -0.2) is 4.98 Å². The van der Waals surface area contributed by atoms with Gasteiger partial charge in [0.2, 0.25) is 0 Å². The first-order valence-corrected chi connectivity index (χ1v) is 5.99. The van der Waals surface area contributed by atoms with Crippen LogP contribution in [0.25, 0.3) is 22.9 Å². The Balaban J connectivity index is 2.03. The third kappa shape index (κ3) is 2.07. The molecular formula is C14H12N4O2. The molecule has 0 saturated carbocycles. The van der Waals surface area contributed by atoms with Crippen molar-refractivity contribution in [1.82, 2.24) is 20.2 Å². The highest BCUT2D eigenvalue weighted by atomic mass is 16.5. The van der Waals surface area contributed by atoms with Gasteiger partial charge >= 0.3 is 0 Å². The fraction of sp³-hybridized carbons (Fsp3) is 0.0714. The SMILES string of the molecule is COc1cccc(-c2n[nH]c(-c3ccccn3)n2)c1O. The van der Waals surface area contributed by atoms with Crippen molar-refractivity contribution < 1.29 is 9.84 Å². The summed E-state index contributed by atoms with van der Waals surface area (Å²) in [4.78, 5) is 8.53. The van der Waals surface area contributed by atoms with Crippen LogP contribution < -0.4 is 4.74 Å². The van der Waals surface area contributed by atoms with Gasteiger partial charge in [0, 0.05) is 6.20 Å². The van der Waals surface area contributed by atoms with Crippen LogP contribution in [0.1, 0.15) is 0 Å². The van der Waals surface area contributed by atoms with Crippen LogP contribution in [0.3, 0.4) is 0 Å². The molecule has 2 heterocycles. The Morgan fingerprint density at radius 2 is 2.05 bits per heavy atom. The van der Waals surface area contributed by atoms with Crippen LogP contribution in [0.5, 0.6) is 11.5 Å². The van der Waals surface area contributed by atoms with Crippen molar-refractivity contribution in [2.24, 2.45) is 0 Å². The first-order valence-electron chi connectivity index (χ1n) is 5.99. The minimum atomic E-state index is 0.0153. The van der Waals surface area contributed by atoms with E-state index in [0.29, 0.717) is 28.7 Å². The van der Waals surface area contributed by atoms with E-state index in [1.54, 1.807) is 24.4 Å². The Morgan fingerprint density at radius 3 is 2.80 bits per heavy atom. The molecule has 20 heavy (non-hydrogen) atoms. The molecule has 0 aliphatic rings. The number of benzene rings is 1. The lowest BCUT2D eigenvalue weighted by Crippen LogP contribution is -1.87. The number of methoxy groups -OCH3 is 1. The Kier molecular flexibility index (Phi) is 3.04. The smallest absolute Gasteiger partial charge is 0.185 e. The molecule has 0 bridgehead atoms. The Labute approximate surface area is 115 Å². The maximum absolute atomic E-state index is 10.1. The summed E-state index contributed by atoms with van der Waals surface area (Å²) < 4.78 is 5.07. The third-order valence-corrected chi connectivity index (χ3v) is 2.85. The molecular weight excluding hydrogens is 256 g/mol. The van der Waals surface area contributed by atoms with Gasteiger partial charge in [0.15, 0.2) is 23.1 Å². The minimum Gasteiger partial charge on any atom is -0.504 e. The standard InChI is InChI=1S/C14H12N4O2/c1-20-11-7-4-5-9(12(11)19)13-16-14(18-17-13)10-6-2-3-8-15-10/h2-8,19H,1H3,(H,16,17,18). The van der Waals surface area contributed by atoms with E-state index in [2.05, 4.69) is 20.2 Å². The molecule has 0 aliphatic heterocycles. The third-order valence-electron chi connectivity index (χ3n) is 2.85. The number of phenols is 1. The van der Waals surface area contributed by atoms with E-state index in [-0.39, 0.29) is 5.75 Å². The molecule has 100 valence electrons. The number of hydrogen-bond acceptors (Lipinski definition) is 5. The highest BCUT2D eigenvalue weighted by molar-refractivity contribution is 5.69. The molecule has 2 aromatic heterocycles. The number of rotatable bonds is 3. The Morgan fingerprint density at radius 1 is 1.15 bits per heavy atom. The number of aromatic hydroxyl groups is 1. The van der Waals surface area contributed by atoms with E-state index in [0.717, 1.165) is 0 Å². The highest BCUT2D eigenvalue weighted by Crippen LogP contribution is 2.35. The summed E-state index contributed by atoms with van der Waals surface area (Å²) >= 11 is 0. The van der Waals surface area contributed by atoms with Crippen LogP contribution in [0.2, 0.25) is 0 Å². The molecule has 0 radical (unpaired) electrons. The van der Waals surface area contributed by atoms with Gasteiger partial charge in [0.05, 0.1) is 12.7 Å². The Hall–Kier alpha value is -2.89. The summed E-state index contributed by atoms with van der Waals surface area (Å²) in [5.41, 5.74) is 1.19. The summed E-state index contributed by atoms with van der Waals surface area (Å²) in [6, 6.07) is 10.7. The van der Waals surface area contributed by atoms with Crippen molar-refractivity contribution in [3.05, 3.63) is 42.6 Å². The molecule has 2 N–H and O–H groups in total. The zero-order chi connectivity index (χ0) is 13.9. The second kappa shape index (κ2) is 5.00. The number of nitrogens with zero attached hydrogens (tertiary/aromatic N) is 3. The molecule has 3 rings (SSSR count). The average molecular weight is 268 g/mol. The lowest BCUT2D eigenvalue weighted by atomic mass is 10.2. The predicted molar refractivity (Wildman–Crippen MR) is 73.3 cm³/mol. The van der Waals surface area contributed by atoms with Crippen LogP contribution in [0.4, 0.5) is 0 Å². The van der Waals surface area contributed by atoms with Crippen molar-refractivity contribution in [1.29, 1.82) is 0 Å². The molecule has 6 heteroatoms. The van der Waals surface area contributed by atoms with E-state index >= 15 is 0 Å². The van der Waals surface area contributed by atoms with Gasteiger partial charge < -0.3 is 9.84 Å². The van der Waals surface area contributed by atoms with Crippen molar-refractivity contribution in [3.63, 3.8) is 0 Å². The van der Waals surface area contributed by atoms with Crippen LogP contribution >= 0.6 is 0 Å². The number of phenolic OH excluding ortho intramolecular Hbond substituents is 1. The molecule has 1 aromatic carbocycles. The molecule has 0 saturated heterocycles. The summed E-state index contributed by atoms with van der Waals surface area (Å²) in [6.07, 6.45) is 1.68. The number of para-hydroxylation sites is 1. The molecule has 0 unspecified atom stereocenters. The first kappa shape index (κ1) is 12.2. The van der Waals surface area contributed by atoms with Gasteiger partial charge in [-0.05, 0) is 24.3 Å². The van der Waals surface area contributed by atoms with Gasteiger partial charge in [-0.1, -0.05) is 12.1 Å². The highest BCUT2D eigenvalue weighted by Gasteiger charge is 2.14. The van der Waals surface area contributed by atoms with Crippen molar-refractivity contribution in [3.8, 4) is 34.4 Å². The topological polar surface area (TPSA) is 83.9 Å². The summed E-state index contributed by atoms with van der Waals surface area (Å²) in [5.74, 6) is 1.33.